The summed E-state index contributed by atoms with van der Waals surface area (Å²) in [5.74, 6) is -21.1. The number of hydrogen-bond acceptors (Lipinski definition) is 6. The van der Waals surface area contributed by atoms with Crippen LogP contribution < -0.4 is 31.8 Å². The van der Waals surface area contributed by atoms with Crippen molar-refractivity contribution in [2.45, 2.75) is 12.4 Å². The molecule has 0 atom stereocenters. The molecule has 0 amide bonds. The van der Waals surface area contributed by atoms with Gasteiger partial charge in [-0.15, -0.1) is 0 Å². The van der Waals surface area contributed by atoms with Crippen LogP contribution in [0.5, 0.6) is 0 Å². The molecule has 0 bridgehead atoms. The van der Waals surface area contributed by atoms with Crippen LogP contribution in [0.15, 0.2) is 109 Å². The van der Waals surface area contributed by atoms with E-state index in [0.29, 0.717) is 12.1 Å². The highest BCUT2D eigenvalue weighted by Crippen LogP contribution is 2.49. The number of hydrogen-bond donors (Lipinski definition) is 0. The van der Waals surface area contributed by atoms with E-state index < -0.39 is 127 Å². The van der Waals surface area contributed by atoms with Gasteiger partial charge in [-0.25, -0.2) is 35.1 Å². The molecule has 0 aliphatic carbocycles. The van der Waals surface area contributed by atoms with Crippen LogP contribution in [0.1, 0.15) is 11.1 Å². The zero-order valence-corrected chi connectivity index (χ0v) is 31.7. The van der Waals surface area contributed by atoms with E-state index in [-0.39, 0.29) is 10.6 Å². The van der Waals surface area contributed by atoms with Crippen molar-refractivity contribution < 1.29 is 80.4 Å². The molecule has 0 fully saturated rings. The number of benzene rings is 6. The van der Waals surface area contributed by atoms with Crippen LogP contribution in [0, 0.1) is 66.8 Å². The molecule has 0 aromatic heterocycles. The molecule has 0 spiro atoms. The fourth-order valence-corrected chi connectivity index (χ4v) is 11.5. The lowest BCUT2D eigenvalue weighted by atomic mass is 10.1. The fraction of sp³-hybridized carbons (Fsp3) is 0.0526. The SMILES string of the molecule is O=P(c1ccccc1)(c1ccccc1)c1c(F)c(F)c(C(F)(F)F)c(F)c1F.O=[N+]([O-])c1cccc(P(=O)(c2cccc([N+](=O)[O-])c2)c2c(F)c(F)c(C(F)(F)F)c(F)c2F)c1. The zero-order chi connectivity index (χ0) is 46.3. The lowest BCUT2D eigenvalue weighted by Crippen LogP contribution is -2.33. The molecule has 0 heterocycles. The minimum atomic E-state index is -5.88. The molecule has 0 saturated heterocycles. The van der Waals surface area contributed by atoms with Gasteiger partial charge in [0.2, 0.25) is 0 Å². The number of non-ortho nitro benzene ring substituents is 2. The van der Waals surface area contributed by atoms with Crippen LogP contribution in [0.25, 0.3) is 0 Å². The van der Waals surface area contributed by atoms with E-state index in [1.54, 1.807) is 0 Å². The first kappa shape index (κ1) is 46.7. The second-order valence-electron chi connectivity index (χ2n) is 12.4. The third kappa shape index (κ3) is 8.31. The molecule has 8 nitrogen and oxygen atoms in total. The second-order valence-corrected chi connectivity index (χ2v) is 17.8. The summed E-state index contributed by atoms with van der Waals surface area (Å²) in [6, 6.07) is 19.5. The first-order valence-corrected chi connectivity index (χ1v) is 19.9. The first-order chi connectivity index (χ1) is 28.8. The lowest BCUT2D eigenvalue weighted by molar-refractivity contribution is -0.384. The predicted molar refractivity (Wildman–Crippen MR) is 195 cm³/mol. The summed E-state index contributed by atoms with van der Waals surface area (Å²) < 4.78 is 222. The summed E-state index contributed by atoms with van der Waals surface area (Å²) in [7, 11) is -9.89. The quantitative estimate of drug-likeness (QED) is 0.0493. The van der Waals surface area contributed by atoms with E-state index in [9.17, 15) is 90.8 Å². The van der Waals surface area contributed by atoms with Crippen molar-refractivity contribution in [3.05, 3.63) is 187 Å². The van der Waals surface area contributed by atoms with Crippen molar-refractivity contribution in [2.75, 3.05) is 0 Å². The summed E-state index contributed by atoms with van der Waals surface area (Å²) in [4.78, 5) is 20.2. The van der Waals surface area contributed by atoms with Crippen LogP contribution in [0.4, 0.5) is 72.8 Å². The van der Waals surface area contributed by atoms with Crippen LogP contribution >= 0.6 is 14.3 Å². The Balaban J connectivity index is 0.000000238. The monoisotopic (exact) mass is 926 g/mol. The van der Waals surface area contributed by atoms with E-state index in [1.165, 1.54) is 60.7 Å². The maximum atomic E-state index is 14.9. The van der Waals surface area contributed by atoms with E-state index >= 15 is 0 Å². The average molecular weight is 926 g/mol. The van der Waals surface area contributed by atoms with Gasteiger partial charge in [-0.1, -0.05) is 84.9 Å². The summed E-state index contributed by atoms with van der Waals surface area (Å²) in [6.45, 7) is 0. The second kappa shape index (κ2) is 17.2. The summed E-state index contributed by atoms with van der Waals surface area (Å²) in [5, 5.41) is 16.6. The highest BCUT2D eigenvalue weighted by Gasteiger charge is 2.48. The third-order valence-electron chi connectivity index (χ3n) is 8.73. The molecule has 324 valence electrons. The maximum Gasteiger partial charge on any atom is 0.422 e. The van der Waals surface area contributed by atoms with E-state index in [1.807, 2.05) is 0 Å². The molecule has 6 aromatic rings. The Morgan fingerprint density at radius 3 is 0.903 bits per heavy atom. The Hall–Kier alpha value is -6.40. The van der Waals surface area contributed by atoms with Crippen LogP contribution in [0.2, 0.25) is 0 Å². The van der Waals surface area contributed by atoms with Gasteiger partial charge in [0.1, 0.15) is 11.1 Å². The summed E-state index contributed by atoms with van der Waals surface area (Å²) in [6.07, 6.45) is -11.6. The zero-order valence-electron chi connectivity index (χ0n) is 29.9. The summed E-state index contributed by atoms with van der Waals surface area (Å²) in [5.41, 5.74) is -7.22. The average Bonchev–Trinajstić information content (AvgIpc) is 3.22. The van der Waals surface area contributed by atoms with Gasteiger partial charge in [0.25, 0.3) is 11.4 Å². The minimum absolute atomic E-state index is 0.197. The lowest BCUT2D eigenvalue weighted by Gasteiger charge is -2.22. The van der Waals surface area contributed by atoms with Crippen molar-refractivity contribution >= 4 is 57.5 Å². The topological polar surface area (TPSA) is 120 Å². The number of nitro groups is 2. The van der Waals surface area contributed by atoms with E-state index in [4.69, 9.17) is 0 Å². The Bertz CT molecular complexity index is 2680. The minimum Gasteiger partial charge on any atom is -0.308 e. The molecule has 62 heavy (non-hydrogen) atoms. The fourth-order valence-electron chi connectivity index (χ4n) is 5.99. The number of rotatable bonds is 8. The maximum absolute atomic E-state index is 14.9. The molecule has 0 N–H and O–H groups in total. The summed E-state index contributed by atoms with van der Waals surface area (Å²) >= 11 is 0. The highest BCUT2D eigenvalue weighted by atomic mass is 31.2. The van der Waals surface area contributed by atoms with Gasteiger partial charge in [0.15, 0.2) is 60.8 Å². The third-order valence-corrected chi connectivity index (χ3v) is 14.8. The smallest absolute Gasteiger partial charge is 0.308 e. The Labute approximate surface area is 337 Å². The largest absolute Gasteiger partial charge is 0.422 e. The first-order valence-electron chi connectivity index (χ1n) is 16.5. The predicted octanol–water partition coefficient (Wildman–Crippen LogP) is 9.62. The Kier molecular flexibility index (Phi) is 12.9. The van der Waals surface area contributed by atoms with Crippen molar-refractivity contribution in [3.8, 4) is 0 Å². The molecular formula is C38H18F14N2O6P2. The normalized spacial score (nSPS) is 12.1. The highest BCUT2D eigenvalue weighted by molar-refractivity contribution is 7.85. The van der Waals surface area contributed by atoms with Gasteiger partial charge < -0.3 is 9.13 Å². The Morgan fingerprint density at radius 2 is 0.645 bits per heavy atom. The number of nitro benzene ring substituents is 2. The van der Waals surface area contributed by atoms with Crippen LogP contribution in [0.3, 0.4) is 0 Å². The molecule has 6 rings (SSSR count). The molecule has 24 heteroatoms. The number of nitrogens with zero attached hydrogens (tertiary/aromatic N) is 2. The molecule has 6 aromatic carbocycles. The van der Waals surface area contributed by atoms with Gasteiger partial charge in [-0.05, 0) is 0 Å². The van der Waals surface area contributed by atoms with Gasteiger partial charge in [0, 0.05) is 45.5 Å². The molecular weight excluding hydrogens is 908 g/mol. The van der Waals surface area contributed by atoms with Crippen molar-refractivity contribution in [2.24, 2.45) is 0 Å². The molecule has 0 saturated carbocycles. The number of alkyl halides is 6. The van der Waals surface area contributed by atoms with Gasteiger partial charge in [-0.2, -0.15) is 26.3 Å². The molecule has 0 unspecified atom stereocenters. The molecule has 0 aliphatic heterocycles. The van der Waals surface area contributed by atoms with Crippen molar-refractivity contribution in [1.29, 1.82) is 0 Å². The molecule has 0 aliphatic rings. The van der Waals surface area contributed by atoms with E-state index in [2.05, 4.69) is 0 Å². The number of halogens is 14. The van der Waals surface area contributed by atoms with Crippen LogP contribution in [-0.4, -0.2) is 9.85 Å². The molecule has 0 radical (unpaired) electrons. The van der Waals surface area contributed by atoms with Gasteiger partial charge in [-0.3, -0.25) is 20.2 Å². The van der Waals surface area contributed by atoms with E-state index in [0.717, 1.165) is 36.4 Å². The van der Waals surface area contributed by atoms with Gasteiger partial charge >= 0.3 is 12.4 Å². The van der Waals surface area contributed by atoms with Crippen LogP contribution in [-0.2, 0) is 21.5 Å². The van der Waals surface area contributed by atoms with Crippen molar-refractivity contribution in [3.63, 3.8) is 0 Å². The van der Waals surface area contributed by atoms with Crippen molar-refractivity contribution in [1.82, 2.24) is 0 Å². The Morgan fingerprint density at radius 1 is 0.387 bits per heavy atom. The van der Waals surface area contributed by atoms with Gasteiger partial charge in [0.05, 0.1) is 20.5 Å². The standard InChI is InChI=1S/C19H8F7N2O5P.C19H10F7OP/c20-14-13(19(24,25)26)15(21)17(23)18(16(14)22)34(33,11-5-1-3-9(7-11)27(29)30)12-6-2-4-10(8-12)28(31)32;20-14-13(19(24,25)26)15(21)17(23)18(16(14)22)28(27,11-7-3-1-4-8-11)12-9-5-2-6-10-12/h1-8H;1-10H.